The summed E-state index contributed by atoms with van der Waals surface area (Å²) in [6, 6.07) is 14.3. The van der Waals surface area contributed by atoms with Crippen LogP contribution in [0.25, 0.3) is 0 Å². The second kappa shape index (κ2) is 5.77. The maximum absolute atomic E-state index is 12.2. The van der Waals surface area contributed by atoms with E-state index in [1.807, 2.05) is 38.1 Å². The molecule has 2 aromatic carbocycles. The lowest BCUT2D eigenvalue weighted by Gasteiger charge is -2.14. The Morgan fingerprint density at radius 1 is 0.950 bits per heavy atom. The maximum Gasteiger partial charge on any atom is 0.297 e. The first-order valence-corrected chi connectivity index (χ1v) is 7.86. The lowest BCUT2D eigenvalue weighted by atomic mass is 10.1. The standard InChI is InChI=1S/C16H18O3S/c1-12-7-9-16(10-8-12)20(17,18)19-14(3)15-6-4-5-13(2)11-15/h4-11,14H,1-3H3. The minimum atomic E-state index is -3.74. The lowest BCUT2D eigenvalue weighted by Crippen LogP contribution is -2.10. The Kier molecular flexibility index (Phi) is 4.26. The van der Waals surface area contributed by atoms with Crippen LogP contribution in [-0.4, -0.2) is 8.42 Å². The first-order chi connectivity index (χ1) is 9.38. The maximum atomic E-state index is 12.2. The summed E-state index contributed by atoms with van der Waals surface area (Å²) in [5, 5.41) is 0. The van der Waals surface area contributed by atoms with E-state index >= 15 is 0 Å². The van der Waals surface area contributed by atoms with Gasteiger partial charge in [0.15, 0.2) is 0 Å². The topological polar surface area (TPSA) is 43.4 Å². The fourth-order valence-electron chi connectivity index (χ4n) is 1.93. The Bertz CT molecular complexity index is 688. The molecule has 106 valence electrons. The van der Waals surface area contributed by atoms with Crippen molar-refractivity contribution in [3.8, 4) is 0 Å². The minimum absolute atomic E-state index is 0.183. The van der Waals surface area contributed by atoms with Crippen LogP contribution in [0, 0.1) is 13.8 Å². The normalized spacial score (nSPS) is 13.2. The average Bonchev–Trinajstić information content (AvgIpc) is 2.38. The van der Waals surface area contributed by atoms with Crippen LogP contribution in [0.15, 0.2) is 53.4 Å². The summed E-state index contributed by atoms with van der Waals surface area (Å²) >= 11 is 0. The van der Waals surface area contributed by atoms with E-state index in [-0.39, 0.29) is 4.90 Å². The highest BCUT2D eigenvalue weighted by atomic mass is 32.2. The third kappa shape index (κ3) is 3.46. The molecule has 2 aromatic rings. The molecule has 0 bridgehead atoms. The third-order valence-electron chi connectivity index (χ3n) is 3.09. The van der Waals surface area contributed by atoms with Gasteiger partial charge in [-0.05, 0) is 38.5 Å². The molecular formula is C16H18O3S. The van der Waals surface area contributed by atoms with Crippen molar-refractivity contribution in [2.24, 2.45) is 0 Å². The van der Waals surface area contributed by atoms with Gasteiger partial charge < -0.3 is 0 Å². The molecule has 0 aliphatic carbocycles. The molecular weight excluding hydrogens is 272 g/mol. The van der Waals surface area contributed by atoms with Crippen LogP contribution < -0.4 is 0 Å². The molecule has 1 atom stereocenters. The Balaban J connectivity index is 2.22. The SMILES string of the molecule is Cc1ccc(S(=O)(=O)OC(C)c2cccc(C)c2)cc1. The molecule has 0 saturated heterocycles. The van der Waals surface area contributed by atoms with Crippen LogP contribution in [0.3, 0.4) is 0 Å². The summed E-state index contributed by atoms with van der Waals surface area (Å²) in [7, 11) is -3.74. The molecule has 0 amide bonds. The Hall–Kier alpha value is -1.65. The monoisotopic (exact) mass is 290 g/mol. The summed E-state index contributed by atoms with van der Waals surface area (Å²) in [6.45, 7) is 5.61. The average molecular weight is 290 g/mol. The first-order valence-electron chi connectivity index (χ1n) is 6.45. The van der Waals surface area contributed by atoms with Gasteiger partial charge in [0.05, 0.1) is 11.0 Å². The summed E-state index contributed by atoms with van der Waals surface area (Å²) in [6.07, 6.45) is -0.513. The van der Waals surface area contributed by atoms with Crippen LogP contribution in [0.2, 0.25) is 0 Å². The van der Waals surface area contributed by atoms with Gasteiger partial charge in [0.2, 0.25) is 0 Å². The van der Waals surface area contributed by atoms with Gasteiger partial charge in [-0.1, -0.05) is 47.5 Å². The van der Waals surface area contributed by atoms with E-state index in [0.29, 0.717) is 0 Å². The van der Waals surface area contributed by atoms with Crippen LogP contribution in [0.5, 0.6) is 0 Å². The van der Waals surface area contributed by atoms with E-state index in [9.17, 15) is 8.42 Å². The minimum Gasteiger partial charge on any atom is -0.258 e. The van der Waals surface area contributed by atoms with Crippen LogP contribution >= 0.6 is 0 Å². The molecule has 0 aromatic heterocycles. The summed E-state index contributed by atoms with van der Waals surface area (Å²) in [5.74, 6) is 0. The molecule has 4 heteroatoms. The van der Waals surface area contributed by atoms with Gasteiger partial charge in [-0.15, -0.1) is 0 Å². The van der Waals surface area contributed by atoms with Crippen LogP contribution in [0.1, 0.15) is 29.7 Å². The second-order valence-corrected chi connectivity index (χ2v) is 6.49. The van der Waals surface area contributed by atoms with E-state index in [4.69, 9.17) is 4.18 Å². The van der Waals surface area contributed by atoms with Gasteiger partial charge >= 0.3 is 0 Å². The Morgan fingerprint density at radius 3 is 2.20 bits per heavy atom. The highest BCUT2D eigenvalue weighted by molar-refractivity contribution is 7.86. The predicted octanol–water partition coefficient (Wildman–Crippen LogP) is 3.77. The van der Waals surface area contributed by atoms with Gasteiger partial charge in [0, 0.05) is 0 Å². The van der Waals surface area contributed by atoms with E-state index in [0.717, 1.165) is 16.7 Å². The number of hydrogen-bond acceptors (Lipinski definition) is 3. The number of benzene rings is 2. The van der Waals surface area contributed by atoms with E-state index in [2.05, 4.69) is 0 Å². The summed E-state index contributed by atoms with van der Waals surface area (Å²) in [5.41, 5.74) is 2.93. The van der Waals surface area contributed by atoms with Crippen molar-refractivity contribution >= 4 is 10.1 Å². The third-order valence-corrected chi connectivity index (χ3v) is 4.48. The largest absolute Gasteiger partial charge is 0.297 e. The highest BCUT2D eigenvalue weighted by Crippen LogP contribution is 2.24. The number of rotatable bonds is 4. The first kappa shape index (κ1) is 14.8. The van der Waals surface area contributed by atoms with Gasteiger partial charge in [-0.25, -0.2) is 0 Å². The zero-order chi connectivity index (χ0) is 14.8. The molecule has 1 unspecified atom stereocenters. The van der Waals surface area contributed by atoms with E-state index in [1.165, 1.54) is 0 Å². The molecule has 0 spiro atoms. The molecule has 2 rings (SSSR count). The second-order valence-electron chi connectivity index (χ2n) is 4.92. The quantitative estimate of drug-likeness (QED) is 0.805. The van der Waals surface area contributed by atoms with Gasteiger partial charge in [-0.3, -0.25) is 4.18 Å². The predicted molar refractivity (Wildman–Crippen MR) is 79.0 cm³/mol. The van der Waals surface area contributed by atoms with Crippen molar-refractivity contribution < 1.29 is 12.6 Å². The summed E-state index contributed by atoms with van der Waals surface area (Å²) in [4.78, 5) is 0.183. The smallest absolute Gasteiger partial charge is 0.258 e. The zero-order valence-corrected chi connectivity index (χ0v) is 12.6. The molecule has 0 aliphatic rings. The molecule has 0 saturated carbocycles. The fourth-order valence-corrected chi connectivity index (χ4v) is 3.00. The molecule has 0 heterocycles. The van der Waals surface area contributed by atoms with Gasteiger partial charge in [0.25, 0.3) is 10.1 Å². The van der Waals surface area contributed by atoms with E-state index in [1.54, 1.807) is 31.2 Å². The lowest BCUT2D eigenvalue weighted by molar-refractivity contribution is 0.234. The van der Waals surface area contributed by atoms with Crippen molar-refractivity contribution in [3.05, 3.63) is 65.2 Å². The molecule has 20 heavy (non-hydrogen) atoms. The Labute approximate surface area is 120 Å². The van der Waals surface area contributed by atoms with Crippen molar-refractivity contribution in [1.29, 1.82) is 0 Å². The highest BCUT2D eigenvalue weighted by Gasteiger charge is 2.19. The van der Waals surface area contributed by atoms with Gasteiger partial charge in [-0.2, -0.15) is 8.42 Å². The van der Waals surface area contributed by atoms with E-state index < -0.39 is 16.2 Å². The summed E-state index contributed by atoms with van der Waals surface area (Å²) < 4.78 is 29.7. The molecule has 0 fully saturated rings. The number of aryl methyl sites for hydroxylation is 2. The Morgan fingerprint density at radius 2 is 1.60 bits per heavy atom. The fraction of sp³-hybridized carbons (Fsp3) is 0.250. The van der Waals surface area contributed by atoms with Crippen molar-refractivity contribution in [3.63, 3.8) is 0 Å². The number of hydrogen-bond donors (Lipinski definition) is 0. The molecule has 3 nitrogen and oxygen atoms in total. The molecule has 0 N–H and O–H groups in total. The van der Waals surface area contributed by atoms with Crippen LogP contribution in [0.4, 0.5) is 0 Å². The zero-order valence-electron chi connectivity index (χ0n) is 11.8. The van der Waals surface area contributed by atoms with Gasteiger partial charge in [0.1, 0.15) is 0 Å². The molecule has 0 radical (unpaired) electrons. The molecule has 0 aliphatic heterocycles. The van der Waals surface area contributed by atoms with Crippen molar-refractivity contribution in [2.45, 2.75) is 31.8 Å². The van der Waals surface area contributed by atoms with Crippen molar-refractivity contribution in [1.82, 2.24) is 0 Å². The van der Waals surface area contributed by atoms with Crippen molar-refractivity contribution in [2.75, 3.05) is 0 Å². The van der Waals surface area contributed by atoms with Crippen LogP contribution in [-0.2, 0) is 14.3 Å².